The highest BCUT2D eigenvalue weighted by molar-refractivity contribution is 8.00. The quantitative estimate of drug-likeness (QED) is 0.823. The predicted molar refractivity (Wildman–Crippen MR) is 79.7 cm³/mol. The number of tetrazole rings is 1. The zero-order chi connectivity index (χ0) is 15.5. The van der Waals surface area contributed by atoms with Crippen molar-refractivity contribution in [2.45, 2.75) is 42.8 Å². The Morgan fingerprint density at radius 3 is 2.82 bits per heavy atom. The van der Waals surface area contributed by atoms with Crippen molar-refractivity contribution < 1.29 is 9.18 Å². The van der Waals surface area contributed by atoms with Crippen LogP contribution in [0.3, 0.4) is 0 Å². The first-order valence-electron chi connectivity index (χ1n) is 7.16. The number of hydrogen-bond acceptors (Lipinski definition) is 5. The van der Waals surface area contributed by atoms with Crippen LogP contribution in [0.1, 0.15) is 30.6 Å². The third-order valence-electron chi connectivity index (χ3n) is 3.36. The van der Waals surface area contributed by atoms with Gasteiger partial charge in [-0.05, 0) is 47.9 Å². The van der Waals surface area contributed by atoms with Gasteiger partial charge in [-0.1, -0.05) is 23.9 Å². The summed E-state index contributed by atoms with van der Waals surface area (Å²) in [6, 6.07) is 6.23. The van der Waals surface area contributed by atoms with E-state index < -0.39 is 5.25 Å². The fourth-order valence-electron chi connectivity index (χ4n) is 2.00. The maximum Gasteiger partial charge on any atom is 0.238 e. The van der Waals surface area contributed by atoms with Gasteiger partial charge in [0.15, 0.2) is 0 Å². The van der Waals surface area contributed by atoms with Gasteiger partial charge in [0.25, 0.3) is 0 Å². The minimum Gasteiger partial charge on any atom is -0.352 e. The number of rotatable bonds is 6. The summed E-state index contributed by atoms with van der Waals surface area (Å²) >= 11 is 1.28. The van der Waals surface area contributed by atoms with Gasteiger partial charge >= 0.3 is 0 Å². The molecule has 1 aromatic carbocycles. The van der Waals surface area contributed by atoms with Gasteiger partial charge in [0.2, 0.25) is 11.1 Å². The van der Waals surface area contributed by atoms with E-state index in [1.165, 1.54) is 23.9 Å². The molecular weight excluding hydrogens is 305 g/mol. The molecule has 1 saturated carbocycles. The normalized spacial score (nSPS) is 15.5. The van der Waals surface area contributed by atoms with Gasteiger partial charge in [0.1, 0.15) is 11.1 Å². The Labute approximate surface area is 131 Å². The summed E-state index contributed by atoms with van der Waals surface area (Å²) in [4.78, 5) is 12.5. The molecule has 8 heteroatoms. The fourth-order valence-corrected chi connectivity index (χ4v) is 3.05. The van der Waals surface area contributed by atoms with Crippen molar-refractivity contribution in [1.82, 2.24) is 25.5 Å². The van der Waals surface area contributed by atoms with Crippen molar-refractivity contribution in [3.8, 4) is 0 Å². The summed E-state index contributed by atoms with van der Waals surface area (Å²) in [6.07, 6.45) is 2.03. The number of aryl methyl sites for hydroxylation is 1. The summed E-state index contributed by atoms with van der Waals surface area (Å²) in [5.41, 5.74) is 0.732. The van der Waals surface area contributed by atoms with E-state index in [4.69, 9.17) is 0 Å². The molecule has 0 saturated heterocycles. The van der Waals surface area contributed by atoms with Crippen LogP contribution in [0.15, 0.2) is 29.4 Å². The second-order valence-electron chi connectivity index (χ2n) is 5.11. The standard InChI is InChI=1S/C14H16FN5OS/c1-2-20-14(17-18-19-20)22-12(13(21)16-11-7-8-11)9-3-5-10(15)6-4-9/h3-6,11-12H,2,7-8H2,1H3,(H,16,21). The van der Waals surface area contributed by atoms with Crippen LogP contribution in [0.25, 0.3) is 0 Å². The Morgan fingerprint density at radius 2 is 2.18 bits per heavy atom. The minimum atomic E-state index is -0.502. The molecule has 1 aliphatic rings. The van der Waals surface area contributed by atoms with Gasteiger partial charge in [0, 0.05) is 12.6 Å². The maximum absolute atomic E-state index is 13.1. The van der Waals surface area contributed by atoms with E-state index in [0.717, 1.165) is 18.4 Å². The van der Waals surface area contributed by atoms with Gasteiger partial charge in [-0.15, -0.1) is 5.10 Å². The lowest BCUT2D eigenvalue weighted by Gasteiger charge is -2.16. The average Bonchev–Trinajstić information content (AvgIpc) is 3.21. The van der Waals surface area contributed by atoms with E-state index in [1.54, 1.807) is 16.8 Å². The average molecular weight is 321 g/mol. The number of nitrogens with zero attached hydrogens (tertiary/aromatic N) is 4. The van der Waals surface area contributed by atoms with Gasteiger partial charge < -0.3 is 5.32 Å². The SMILES string of the molecule is CCn1nnnc1SC(C(=O)NC1CC1)c1ccc(F)cc1. The summed E-state index contributed by atoms with van der Waals surface area (Å²) < 4.78 is 14.8. The number of hydrogen-bond donors (Lipinski definition) is 1. The van der Waals surface area contributed by atoms with Crippen molar-refractivity contribution in [3.05, 3.63) is 35.6 Å². The molecule has 1 aliphatic carbocycles. The minimum absolute atomic E-state index is 0.0928. The van der Waals surface area contributed by atoms with Crippen LogP contribution in [-0.2, 0) is 11.3 Å². The largest absolute Gasteiger partial charge is 0.352 e. The lowest BCUT2D eigenvalue weighted by molar-refractivity contribution is -0.120. The second kappa shape index (κ2) is 6.43. The Hall–Kier alpha value is -1.96. The third-order valence-corrected chi connectivity index (χ3v) is 4.58. The Bertz CT molecular complexity index is 656. The van der Waals surface area contributed by atoms with E-state index in [1.807, 2.05) is 6.92 Å². The highest BCUT2D eigenvalue weighted by atomic mass is 32.2. The van der Waals surface area contributed by atoms with Crippen molar-refractivity contribution >= 4 is 17.7 Å². The zero-order valence-corrected chi connectivity index (χ0v) is 12.9. The molecule has 116 valence electrons. The molecular formula is C14H16FN5OS. The molecule has 1 N–H and O–H groups in total. The summed E-state index contributed by atoms with van der Waals surface area (Å²) in [7, 11) is 0. The van der Waals surface area contributed by atoms with Gasteiger partial charge in [-0.3, -0.25) is 4.79 Å². The molecule has 0 radical (unpaired) electrons. The molecule has 2 aromatic rings. The van der Waals surface area contributed by atoms with E-state index >= 15 is 0 Å². The number of thioether (sulfide) groups is 1. The van der Waals surface area contributed by atoms with Crippen molar-refractivity contribution in [2.24, 2.45) is 0 Å². The number of carbonyl (C=O) groups excluding carboxylic acids is 1. The number of amides is 1. The molecule has 0 spiro atoms. The smallest absolute Gasteiger partial charge is 0.238 e. The van der Waals surface area contributed by atoms with Crippen LogP contribution in [0.2, 0.25) is 0 Å². The van der Waals surface area contributed by atoms with E-state index in [9.17, 15) is 9.18 Å². The molecule has 1 atom stereocenters. The molecule has 1 unspecified atom stereocenters. The number of benzene rings is 1. The second-order valence-corrected chi connectivity index (χ2v) is 6.18. The van der Waals surface area contributed by atoms with Crippen LogP contribution in [0, 0.1) is 5.82 Å². The fraction of sp³-hybridized carbons (Fsp3) is 0.429. The topological polar surface area (TPSA) is 72.7 Å². The van der Waals surface area contributed by atoms with Crippen LogP contribution < -0.4 is 5.32 Å². The molecule has 0 bridgehead atoms. The Balaban J connectivity index is 1.84. The van der Waals surface area contributed by atoms with Crippen LogP contribution in [-0.4, -0.2) is 32.2 Å². The van der Waals surface area contributed by atoms with Crippen molar-refractivity contribution in [3.63, 3.8) is 0 Å². The molecule has 3 rings (SSSR count). The molecule has 1 fully saturated rings. The van der Waals surface area contributed by atoms with E-state index in [-0.39, 0.29) is 17.8 Å². The molecule has 1 heterocycles. The highest BCUT2D eigenvalue weighted by Gasteiger charge is 2.30. The van der Waals surface area contributed by atoms with Gasteiger partial charge in [-0.2, -0.15) is 0 Å². The van der Waals surface area contributed by atoms with E-state index in [2.05, 4.69) is 20.8 Å². The number of aromatic nitrogens is 4. The lowest BCUT2D eigenvalue weighted by Crippen LogP contribution is -2.30. The summed E-state index contributed by atoms with van der Waals surface area (Å²) in [5, 5.41) is 14.5. The third kappa shape index (κ3) is 3.44. The highest BCUT2D eigenvalue weighted by Crippen LogP contribution is 2.35. The summed E-state index contributed by atoms with van der Waals surface area (Å²) in [6.45, 7) is 2.55. The molecule has 1 amide bonds. The molecule has 0 aliphatic heterocycles. The van der Waals surface area contributed by atoms with Crippen LogP contribution in [0.5, 0.6) is 0 Å². The molecule has 22 heavy (non-hydrogen) atoms. The maximum atomic E-state index is 13.1. The van der Waals surface area contributed by atoms with Gasteiger partial charge in [0.05, 0.1) is 0 Å². The van der Waals surface area contributed by atoms with Crippen molar-refractivity contribution in [1.29, 1.82) is 0 Å². The van der Waals surface area contributed by atoms with Crippen molar-refractivity contribution in [2.75, 3.05) is 0 Å². The first kappa shape index (κ1) is 15.0. The van der Waals surface area contributed by atoms with Gasteiger partial charge in [-0.25, -0.2) is 9.07 Å². The predicted octanol–water partition coefficient (Wildman–Crippen LogP) is 1.94. The van der Waals surface area contributed by atoms with Crippen LogP contribution >= 0.6 is 11.8 Å². The van der Waals surface area contributed by atoms with Crippen LogP contribution in [0.4, 0.5) is 4.39 Å². The molecule has 6 nitrogen and oxygen atoms in total. The Kier molecular flexibility index (Phi) is 4.37. The number of nitrogens with one attached hydrogen (secondary N) is 1. The van der Waals surface area contributed by atoms with E-state index in [0.29, 0.717) is 11.7 Å². The monoisotopic (exact) mass is 321 g/mol. The number of halogens is 1. The number of carbonyl (C=O) groups is 1. The first-order valence-corrected chi connectivity index (χ1v) is 8.04. The summed E-state index contributed by atoms with van der Waals surface area (Å²) in [5.74, 6) is -0.418. The lowest BCUT2D eigenvalue weighted by atomic mass is 10.1. The molecule has 1 aromatic heterocycles. The zero-order valence-electron chi connectivity index (χ0n) is 12.1. The first-order chi connectivity index (χ1) is 10.7. The Morgan fingerprint density at radius 1 is 1.45 bits per heavy atom.